The van der Waals surface area contributed by atoms with Gasteiger partial charge in [-0.25, -0.2) is 0 Å². The number of fused-ring (bicyclic) bond motifs is 14. The van der Waals surface area contributed by atoms with E-state index in [1.54, 1.807) is 0 Å². The Balaban J connectivity index is 1.13. The highest BCUT2D eigenvalue weighted by atomic mass is 16.3. The topological polar surface area (TPSA) is 43.2 Å². The van der Waals surface area contributed by atoms with Crippen molar-refractivity contribution in [2.75, 3.05) is 5.32 Å². The fourth-order valence-corrected chi connectivity index (χ4v) is 11.0. The van der Waals surface area contributed by atoms with Gasteiger partial charge in [-0.1, -0.05) is 125 Å². The molecule has 0 spiro atoms. The second-order valence-corrected chi connectivity index (χ2v) is 19.1. The number of furan rings is 2. The predicted octanol–water partition coefficient (Wildman–Crippen LogP) is 13.6. The lowest BCUT2D eigenvalue weighted by molar-refractivity contribution is 0.590. The van der Waals surface area contributed by atoms with Gasteiger partial charge in [-0.2, -0.15) is 0 Å². The van der Waals surface area contributed by atoms with E-state index < -0.39 is 0 Å². The van der Waals surface area contributed by atoms with Crippen LogP contribution < -0.4 is 16.2 Å². The van der Waals surface area contributed by atoms with Crippen molar-refractivity contribution < 1.29 is 8.83 Å². The van der Waals surface area contributed by atoms with E-state index in [-0.39, 0.29) is 10.8 Å². The number of hydrogen-bond acceptors (Lipinski definition) is 3. The molecule has 0 unspecified atom stereocenters. The summed E-state index contributed by atoms with van der Waals surface area (Å²) in [6.07, 6.45) is 0. The molecular weight excluding hydrogens is 743 g/mol. The largest absolute Gasteiger partial charge is 0.456 e. The summed E-state index contributed by atoms with van der Waals surface area (Å²) in [6, 6.07) is 51.5. The van der Waals surface area contributed by atoms with Gasteiger partial charge in [0.05, 0.1) is 5.52 Å². The summed E-state index contributed by atoms with van der Waals surface area (Å²) in [7, 11) is 0.783. The number of para-hydroxylation sites is 2. The van der Waals surface area contributed by atoms with Crippen LogP contribution in [0.1, 0.15) is 56.9 Å². The Morgan fingerprint density at radius 3 is 1.98 bits per heavy atom. The van der Waals surface area contributed by atoms with E-state index in [1.807, 2.05) is 6.07 Å². The number of nitrogens with zero attached hydrogens (tertiary/aromatic N) is 1. The number of hydrogen-bond donors (Lipinski definition) is 1. The maximum atomic E-state index is 6.57. The van der Waals surface area contributed by atoms with Crippen LogP contribution in [-0.2, 0) is 10.8 Å². The zero-order valence-corrected chi connectivity index (χ0v) is 35.2. The maximum absolute atomic E-state index is 6.57. The minimum Gasteiger partial charge on any atom is -0.456 e. The Labute approximate surface area is 354 Å². The Hall–Kier alpha value is -6.98. The van der Waals surface area contributed by atoms with Crippen LogP contribution in [0.15, 0.2) is 148 Å². The lowest BCUT2D eigenvalue weighted by Gasteiger charge is -2.26. The fourth-order valence-electron chi connectivity index (χ4n) is 11.0. The normalized spacial score (nSPS) is 14.0. The molecule has 0 fully saturated rings. The summed E-state index contributed by atoms with van der Waals surface area (Å²) in [4.78, 5) is 0. The Morgan fingerprint density at radius 1 is 0.574 bits per heavy atom. The van der Waals surface area contributed by atoms with Gasteiger partial charge in [-0.15, -0.1) is 0 Å². The number of rotatable bonds is 3. The summed E-state index contributed by atoms with van der Waals surface area (Å²) in [6.45, 7) is 13.9. The van der Waals surface area contributed by atoms with Crippen molar-refractivity contribution in [3.05, 3.63) is 162 Å². The number of aromatic nitrogens is 1. The van der Waals surface area contributed by atoms with Crippen LogP contribution in [0, 0.1) is 6.92 Å². The molecule has 292 valence electrons. The van der Waals surface area contributed by atoms with Gasteiger partial charge in [0, 0.05) is 78.0 Å². The molecule has 11 aromatic rings. The highest BCUT2D eigenvalue weighted by molar-refractivity contribution is 6.74. The van der Waals surface area contributed by atoms with Gasteiger partial charge in [-0.3, -0.25) is 0 Å². The zero-order valence-electron chi connectivity index (χ0n) is 35.2. The Kier molecular flexibility index (Phi) is 6.77. The van der Waals surface area contributed by atoms with E-state index in [0.29, 0.717) is 0 Å². The van der Waals surface area contributed by atoms with Crippen molar-refractivity contribution in [2.24, 2.45) is 0 Å². The molecule has 1 N–H and O–H groups in total. The Bertz CT molecular complexity index is 3720. The molecule has 61 heavy (non-hydrogen) atoms. The summed E-state index contributed by atoms with van der Waals surface area (Å²) in [5.41, 5.74) is 22.3. The summed E-state index contributed by atoms with van der Waals surface area (Å²) < 4.78 is 15.6. The third-order valence-electron chi connectivity index (χ3n) is 14.1. The SMILES string of the molecule is Cc1cc(-c2cc3c(cc2Nc2ccc(C(C)(C)C)cc2)C(C)(C)c2ccccc2-3)c2c3c1c1cc4c(cc1n3-c1cc3oc5ccccc5c3cc1B2)oc1ccccc14. The van der Waals surface area contributed by atoms with Gasteiger partial charge < -0.3 is 18.7 Å². The maximum Gasteiger partial charge on any atom is 0.198 e. The minimum absolute atomic E-state index is 0.0708. The molecule has 0 atom stereocenters. The molecule has 4 heterocycles. The first-order valence-corrected chi connectivity index (χ1v) is 21.5. The lowest BCUT2D eigenvalue weighted by Crippen LogP contribution is -2.37. The average Bonchev–Trinajstić information content (AvgIpc) is 3.97. The second kappa shape index (κ2) is 11.9. The molecule has 5 heteroatoms. The van der Waals surface area contributed by atoms with Crippen molar-refractivity contribution in [3.8, 4) is 27.9 Å². The number of anilines is 2. The lowest BCUT2D eigenvalue weighted by atomic mass is 9.58. The molecule has 13 rings (SSSR count). The minimum atomic E-state index is -0.143. The fraction of sp³-hybridized carbons (Fsp3) is 0.143. The van der Waals surface area contributed by atoms with Crippen LogP contribution in [-0.4, -0.2) is 11.8 Å². The molecule has 0 saturated heterocycles. The van der Waals surface area contributed by atoms with Crippen LogP contribution in [0.2, 0.25) is 0 Å². The molecule has 2 aliphatic rings. The predicted molar refractivity (Wildman–Crippen MR) is 258 cm³/mol. The van der Waals surface area contributed by atoms with Crippen LogP contribution in [0.3, 0.4) is 0 Å². The van der Waals surface area contributed by atoms with Crippen LogP contribution in [0.4, 0.5) is 11.4 Å². The quantitative estimate of drug-likeness (QED) is 0.181. The zero-order chi connectivity index (χ0) is 41.1. The summed E-state index contributed by atoms with van der Waals surface area (Å²) in [5.74, 6) is 0. The Morgan fingerprint density at radius 2 is 1.25 bits per heavy atom. The van der Waals surface area contributed by atoms with E-state index >= 15 is 0 Å². The highest BCUT2D eigenvalue weighted by Gasteiger charge is 2.37. The van der Waals surface area contributed by atoms with Crippen LogP contribution in [0.25, 0.3) is 93.6 Å². The average molecular weight is 787 g/mol. The molecular formula is C56H43BN2O2. The first-order valence-electron chi connectivity index (χ1n) is 21.5. The van der Waals surface area contributed by atoms with Gasteiger partial charge in [0.1, 0.15) is 22.3 Å². The van der Waals surface area contributed by atoms with Crippen molar-refractivity contribution in [2.45, 2.75) is 52.4 Å². The smallest absolute Gasteiger partial charge is 0.198 e. The van der Waals surface area contributed by atoms with Crippen LogP contribution in [0.5, 0.6) is 0 Å². The van der Waals surface area contributed by atoms with E-state index in [4.69, 9.17) is 8.83 Å². The monoisotopic (exact) mass is 786 g/mol. The van der Waals surface area contributed by atoms with Gasteiger partial charge >= 0.3 is 0 Å². The van der Waals surface area contributed by atoms with E-state index in [9.17, 15) is 0 Å². The summed E-state index contributed by atoms with van der Waals surface area (Å²) >= 11 is 0. The molecule has 3 aromatic heterocycles. The van der Waals surface area contributed by atoms with Gasteiger partial charge in [0.15, 0.2) is 7.28 Å². The summed E-state index contributed by atoms with van der Waals surface area (Å²) in [5, 5.41) is 11.1. The van der Waals surface area contributed by atoms with E-state index in [0.717, 1.165) is 73.7 Å². The van der Waals surface area contributed by atoms with Crippen molar-refractivity contribution in [1.82, 2.24) is 4.57 Å². The molecule has 1 aliphatic carbocycles. The van der Waals surface area contributed by atoms with Gasteiger partial charge in [0.2, 0.25) is 0 Å². The third-order valence-corrected chi connectivity index (χ3v) is 14.1. The van der Waals surface area contributed by atoms with Crippen LogP contribution >= 0.6 is 0 Å². The van der Waals surface area contributed by atoms with E-state index in [2.05, 4.69) is 185 Å². The van der Waals surface area contributed by atoms with Gasteiger partial charge in [-0.05, 0) is 99.2 Å². The first kappa shape index (κ1) is 34.8. The third kappa shape index (κ3) is 4.78. The molecule has 4 nitrogen and oxygen atoms in total. The molecule has 1 aliphatic heterocycles. The van der Waals surface area contributed by atoms with Crippen molar-refractivity contribution >= 4 is 95.3 Å². The number of nitrogens with one attached hydrogen (secondary N) is 1. The van der Waals surface area contributed by atoms with E-state index in [1.165, 1.54) is 71.7 Å². The molecule has 0 saturated carbocycles. The molecule has 0 bridgehead atoms. The second-order valence-electron chi connectivity index (χ2n) is 19.1. The highest BCUT2D eigenvalue weighted by Crippen LogP contribution is 2.52. The first-order chi connectivity index (χ1) is 29.5. The van der Waals surface area contributed by atoms with Crippen molar-refractivity contribution in [1.29, 1.82) is 0 Å². The van der Waals surface area contributed by atoms with Gasteiger partial charge in [0.25, 0.3) is 0 Å². The standard InChI is InChI=1S/C56H43BN2O2/c1-30-23-40(37-24-36-33-13-7-10-16-42(33)56(5,6)43(36)27-45(37)58-32-21-19-31(20-22-32)55(2,3)4)53-54-52(30)41-25-38-34-14-8-11-17-48(34)60-50(38)28-46(41)59(54)47-29-51-39(26-44(47)57-53)35-15-9-12-18-49(35)61-51/h7-29,57-58H,1-6H3. The number of benzene rings is 8. The molecule has 8 aromatic carbocycles. The van der Waals surface area contributed by atoms with Crippen molar-refractivity contribution in [3.63, 3.8) is 0 Å². The molecule has 0 amide bonds. The number of aryl methyl sites for hydroxylation is 1. The molecule has 0 radical (unpaired) electrons.